The second-order valence-electron chi connectivity index (χ2n) is 4.57. The Labute approximate surface area is 100 Å². The molecule has 86 valence electrons. The van der Waals surface area contributed by atoms with E-state index in [1.807, 2.05) is 12.1 Å². The van der Waals surface area contributed by atoms with Crippen LogP contribution in [-0.4, -0.2) is 0 Å². The monoisotopic (exact) mass is 227 g/mol. The lowest BCUT2D eigenvalue weighted by atomic mass is 9.97. The van der Waals surface area contributed by atoms with Gasteiger partial charge >= 0.3 is 0 Å². The first-order chi connectivity index (χ1) is 8.24. The van der Waals surface area contributed by atoms with Crippen molar-refractivity contribution in [3.63, 3.8) is 0 Å². The zero-order valence-corrected chi connectivity index (χ0v) is 9.70. The molecule has 17 heavy (non-hydrogen) atoms. The molecule has 1 nitrogen and oxygen atoms in total. The molecule has 0 aromatic heterocycles. The molecule has 2 aromatic carbocycles. The van der Waals surface area contributed by atoms with Crippen molar-refractivity contribution in [1.29, 1.82) is 0 Å². The van der Waals surface area contributed by atoms with Crippen LogP contribution in [0.4, 0.5) is 4.39 Å². The molecule has 0 saturated carbocycles. The van der Waals surface area contributed by atoms with Crippen LogP contribution in [0.5, 0.6) is 0 Å². The van der Waals surface area contributed by atoms with Crippen LogP contribution in [0.2, 0.25) is 0 Å². The molecule has 1 aliphatic rings. The Morgan fingerprint density at radius 1 is 1.18 bits per heavy atom. The van der Waals surface area contributed by atoms with Gasteiger partial charge in [0.1, 0.15) is 5.82 Å². The second-order valence-corrected chi connectivity index (χ2v) is 4.57. The number of aryl methyl sites for hydroxylation is 1. The van der Waals surface area contributed by atoms with E-state index < -0.39 is 0 Å². The molecule has 1 heterocycles. The van der Waals surface area contributed by atoms with Crippen molar-refractivity contribution in [3.8, 4) is 0 Å². The highest BCUT2D eigenvalue weighted by Crippen LogP contribution is 2.31. The lowest BCUT2D eigenvalue weighted by Crippen LogP contribution is -2.13. The number of halogens is 1. The van der Waals surface area contributed by atoms with E-state index in [0.29, 0.717) is 0 Å². The number of benzene rings is 2. The van der Waals surface area contributed by atoms with Gasteiger partial charge in [0.2, 0.25) is 0 Å². The van der Waals surface area contributed by atoms with E-state index in [1.54, 1.807) is 6.07 Å². The lowest BCUT2D eigenvalue weighted by Gasteiger charge is -2.13. The molecule has 1 unspecified atom stereocenters. The second kappa shape index (κ2) is 3.97. The van der Waals surface area contributed by atoms with Crippen molar-refractivity contribution in [2.75, 3.05) is 0 Å². The maximum atomic E-state index is 13.3. The first kappa shape index (κ1) is 10.5. The fraction of sp³-hybridized carbons (Fsp3) is 0.200. The van der Waals surface area contributed by atoms with Crippen molar-refractivity contribution in [1.82, 2.24) is 5.32 Å². The van der Waals surface area contributed by atoms with Crippen molar-refractivity contribution >= 4 is 0 Å². The van der Waals surface area contributed by atoms with Gasteiger partial charge in [-0.25, -0.2) is 4.39 Å². The fourth-order valence-electron chi connectivity index (χ4n) is 2.46. The van der Waals surface area contributed by atoms with Gasteiger partial charge in [0.15, 0.2) is 0 Å². The maximum Gasteiger partial charge on any atom is 0.123 e. The van der Waals surface area contributed by atoms with Crippen molar-refractivity contribution < 1.29 is 4.39 Å². The number of rotatable bonds is 1. The van der Waals surface area contributed by atoms with Crippen LogP contribution < -0.4 is 5.32 Å². The van der Waals surface area contributed by atoms with Crippen LogP contribution in [0.3, 0.4) is 0 Å². The predicted molar refractivity (Wildman–Crippen MR) is 66.3 cm³/mol. The van der Waals surface area contributed by atoms with Crippen LogP contribution in [0.1, 0.15) is 28.3 Å². The van der Waals surface area contributed by atoms with E-state index in [1.165, 1.54) is 22.8 Å². The van der Waals surface area contributed by atoms with Crippen molar-refractivity contribution in [3.05, 3.63) is 70.5 Å². The van der Waals surface area contributed by atoms with E-state index in [4.69, 9.17) is 0 Å². The van der Waals surface area contributed by atoms with Crippen LogP contribution in [0.25, 0.3) is 0 Å². The molecule has 2 heteroatoms. The van der Waals surface area contributed by atoms with Crippen molar-refractivity contribution in [2.45, 2.75) is 19.5 Å². The molecule has 1 aliphatic heterocycles. The summed E-state index contributed by atoms with van der Waals surface area (Å²) in [4.78, 5) is 0. The summed E-state index contributed by atoms with van der Waals surface area (Å²) >= 11 is 0. The molecule has 0 spiro atoms. The average Bonchev–Trinajstić information content (AvgIpc) is 2.71. The lowest BCUT2D eigenvalue weighted by molar-refractivity contribution is 0.621. The highest BCUT2D eigenvalue weighted by molar-refractivity contribution is 5.42. The summed E-state index contributed by atoms with van der Waals surface area (Å²) < 4.78 is 13.3. The Morgan fingerprint density at radius 2 is 2.06 bits per heavy atom. The summed E-state index contributed by atoms with van der Waals surface area (Å²) in [5, 5.41) is 3.43. The van der Waals surface area contributed by atoms with E-state index in [2.05, 4.69) is 30.4 Å². The molecular formula is C15H14FN. The van der Waals surface area contributed by atoms with Crippen LogP contribution >= 0.6 is 0 Å². The quantitative estimate of drug-likeness (QED) is 0.788. The maximum absolute atomic E-state index is 13.3. The van der Waals surface area contributed by atoms with Gasteiger partial charge in [-0.15, -0.1) is 0 Å². The Hall–Kier alpha value is -1.67. The summed E-state index contributed by atoms with van der Waals surface area (Å²) in [5.74, 6) is -0.162. The Bertz CT molecular complexity index is 563. The third-order valence-electron chi connectivity index (χ3n) is 3.29. The van der Waals surface area contributed by atoms with E-state index in [-0.39, 0.29) is 11.9 Å². The first-order valence-electron chi connectivity index (χ1n) is 5.82. The average molecular weight is 227 g/mol. The molecule has 0 radical (unpaired) electrons. The Kier molecular flexibility index (Phi) is 2.45. The first-order valence-corrected chi connectivity index (χ1v) is 5.82. The van der Waals surface area contributed by atoms with Gasteiger partial charge in [0.05, 0.1) is 6.04 Å². The van der Waals surface area contributed by atoms with Crippen LogP contribution in [-0.2, 0) is 6.54 Å². The molecule has 2 aromatic rings. The molecular weight excluding hydrogens is 213 g/mol. The van der Waals surface area contributed by atoms with Crippen LogP contribution in [0, 0.1) is 12.7 Å². The molecule has 0 saturated heterocycles. The van der Waals surface area contributed by atoms with Crippen LogP contribution in [0.15, 0.2) is 42.5 Å². The Balaban J connectivity index is 2.06. The topological polar surface area (TPSA) is 12.0 Å². The van der Waals surface area contributed by atoms with Gasteiger partial charge in [0, 0.05) is 6.54 Å². The number of fused-ring (bicyclic) bond motifs is 1. The molecule has 1 atom stereocenters. The largest absolute Gasteiger partial charge is 0.302 e. The molecule has 0 aliphatic carbocycles. The fourth-order valence-corrected chi connectivity index (χ4v) is 2.46. The summed E-state index contributed by atoms with van der Waals surface area (Å²) in [5.41, 5.74) is 4.69. The van der Waals surface area contributed by atoms with E-state index >= 15 is 0 Å². The van der Waals surface area contributed by atoms with Gasteiger partial charge in [0.25, 0.3) is 0 Å². The highest BCUT2D eigenvalue weighted by atomic mass is 19.1. The number of hydrogen-bond donors (Lipinski definition) is 1. The zero-order valence-electron chi connectivity index (χ0n) is 9.70. The predicted octanol–water partition coefficient (Wildman–Crippen LogP) is 3.33. The Morgan fingerprint density at radius 3 is 2.88 bits per heavy atom. The number of hydrogen-bond acceptors (Lipinski definition) is 1. The summed E-state index contributed by atoms with van der Waals surface area (Å²) in [6, 6.07) is 13.5. The minimum Gasteiger partial charge on any atom is -0.302 e. The van der Waals surface area contributed by atoms with E-state index in [0.717, 1.165) is 12.1 Å². The van der Waals surface area contributed by atoms with Gasteiger partial charge in [-0.1, -0.05) is 35.9 Å². The van der Waals surface area contributed by atoms with Gasteiger partial charge < -0.3 is 5.32 Å². The minimum atomic E-state index is -0.162. The normalized spacial score (nSPS) is 18.1. The summed E-state index contributed by atoms with van der Waals surface area (Å²) in [7, 11) is 0. The molecule has 0 fully saturated rings. The third-order valence-corrected chi connectivity index (χ3v) is 3.29. The summed E-state index contributed by atoms with van der Waals surface area (Å²) in [6.07, 6.45) is 0. The van der Waals surface area contributed by atoms with E-state index in [9.17, 15) is 4.39 Å². The number of nitrogens with one attached hydrogen (secondary N) is 1. The molecule has 3 rings (SSSR count). The smallest absolute Gasteiger partial charge is 0.123 e. The molecule has 0 bridgehead atoms. The van der Waals surface area contributed by atoms with Gasteiger partial charge in [-0.3, -0.25) is 0 Å². The summed E-state index contributed by atoms with van der Waals surface area (Å²) in [6.45, 7) is 2.89. The highest BCUT2D eigenvalue weighted by Gasteiger charge is 2.23. The SMILES string of the molecule is Cc1cccc(C2NCc3ccc(F)cc32)c1. The zero-order chi connectivity index (χ0) is 11.8. The third kappa shape index (κ3) is 1.85. The molecule has 0 amide bonds. The standard InChI is InChI=1S/C15H14FN/c1-10-3-2-4-11(7-10)15-14-8-13(16)6-5-12(14)9-17-15/h2-8,15,17H,9H2,1H3. The van der Waals surface area contributed by atoms with Gasteiger partial charge in [-0.2, -0.15) is 0 Å². The van der Waals surface area contributed by atoms with Crippen molar-refractivity contribution in [2.24, 2.45) is 0 Å². The van der Waals surface area contributed by atoms with Gasteiger partial charge in [-0.05, 0) is 35.7 Å². The minimum absolute atomic E-state index is 0.126. The molecule has 1 N–H and O–H groups in total.